The van der Waals surface area contributed by atoms with E-state index in [4.69, 9.17) is 27.2 Å². The smallest absolute Gasteiger partial charge is 0.324 e. The zero-order chi connectivity index (χ0) is 11.4. The van der Waals surface area contributed by atoms with Gasteiger partial charge in [-0.15, -0.1) is 0 Å². The van der Waals surface area contributed by atoms with Crippen molar-refractivity contribution in [3.63, 3.8) is 0 Å². The Labute approximate surface area is 92.6 Å². The van der Waals surface area contributed by atoms with E-state index < -0.39 is 12.0 Å². The summed E-state index contributed by atoms with van der Waals surface area (Å²) in [6.07, 6.45) is 0. The minimum Gasteiger partial charge on any atom is -0.491 e. The fourth-order valence-corrected chi connectivity index (χ4v) is 1.25. The van der Waals surface area contributed by atoms with Crippen molar-refractivity contribution in [2.24, 2.45) is 5.73 Å². The molecule has 1 atom stereocenters. The summed E-state index contributed by atoms with van der Waals surface area (Å²) in [7, 11) is 0. The first-order valence-corrected chi connectivity index (χ1v) is 4.76. The number of aliphatic carboxylic acids is 1. The summed E-state index contributed by atoms with van der Waals surface area (Å²) in [5.74, 6) is -0.488. The van der Waals surface area contributed by atoms with E-state index >= 15 is 0 Å². The lowest BCUT2D eigenvalue weighted by atomic mass is 10.2. The van der Waals surface area contributed by atoms with Crippen LogP contribution < -0.4 is 10.5 Å². The third-order valence-electron chi connectivity index (χ3n) is 1.87. The van der Waals surface area contributed by atoms with Gasteiger partial charge in [-0.05, 0) is 30.7 Å². The predicted molar refractivity (Wildman–Crippen MR) is 57.3 cm³/mol. The van der Waals surface area contributed by atoms with Crippen molar-refractivity contribution < 1.29 is 14.6 Å². The first-order valence-electron chi connectivity index (χ1n) is 4.38. The molecule has 0 aliphatic carbocycles. The average molecular weight is 230 g/mol. The summed E-state index contributed by atoms with van der Waals surface area (Å²) < 4.78 is 5.25. The van der Waals surface area contributed by atoms with Gasteiger partial charge in [0.25, 0.3) is 0 Å². The van der Waals surface area contributed by atoms with Gasteiger partial charge in [0.15, 0.2) is 0 Å². The summed E-state index contributed by atoms with van der Waals surface area (Å²) in [5, 5.41) is 9.16. The molecule has 0 aliphatic rings. The normalized spacial score (nSPS) is 12.2. The Balaban J connectivity index is 2.62. The first kappa shape index (κ1) is 11.8. The Morgan fingerprint density at radius 2 is 2.33 bits per heavy atom. The fraction of sp³-hybridized carbons (Fsp3) is 0.300. The van der Waals surface area contributed by atoms with Crippen LogP contribution in [0.5, 0.6) is 5.75 Å². The second kappa shape index (κ2) is 5.00. The number of benzene rings is 1. The van der Waals surface area contributed by atoms with Gasteiger partial charge >= 0.3 is 5.97 Å². The molecule has 0 aliphatic heterocycles. The molecule has 15 heavy (non-hydrogen) atoms. The van der Waals surface area contributed by atoms with Gasteiger partial charge in [-0.25, -0.2) is 0 Å². The molecule has 0 aromatic heterocycles. The molecular formula is C10H12ClNO3. The number of ether oxygens (including phenoxy) is 1. The molecule has 0 bridgehead atoms. The Bertz CT molecular complexity index is 368. The Morgan fingerprint density at radius 3 is 2.87 bits per heavy atom. The molecule has 0 saturated heterocycles. The summed E-state index contributed by atoms with van der Waals surface area (Å²) >= 11 is 5.76. The molecule has 1 aromatic rings. The lowest BCUT2D eigenvalue weighted by Crippen LogP contribution is -2.36. The van der Waals surface area contributed by atoms with Crippen LogP contribution in [0.4, 0.5) is 0 Å². The molecule has 3 N–H and O–H groups in total. The number of hydrogen-bond acceptors (Lipinski definition) is 3. The lowest BCUT2D eigenvalue weighted by Gasteiger charge is -2.11. The molecule has 0 spiro atoms. The lowest BCUT2D eigenvalue weighted by molar-refractivity contribution is -0.139. The van der Waals surface area contributed by atoms with Crippen molar-refractivity contribution in [1.82, 2.24) is 0 Å². The SMILES string of the molecule is Cc1cc(Cl)ccc1OCC(N)C(=O)O. The van der Waals surface area contributed by atoms with Crippen molar-refractivity contribution in [3.8, 4) is 5.75 Å². The maximum absolute atomic E-state index is 10.4. The average Bonchev–Trinajstić information content (AvgIpc) is 2.15. The quantitative estimate of drug-likeness (QED) is 0.820. The van der Waals surface area contributed by atoms with Crippen LogP contribution in [0.15, 0.2) is 18.2 Å². The van der Waals surface area contributed by atoms with Crippen molar-refractivity contribution in [3.05, 3.63) is 28.8 Å². The summed E-state index contributed by atoms with van der Waals surface area (Å²) in [6, 6.07) is 4.09. The number of carboxylic acids is 1. The standard InChI is InChI=1S/C10H12ClNO3/c1-6-4-7(11)2-3-9(6)15-5-8(12)10(13)14/h2-4,8H,5,12H2,1H3,(H,13,14). The van der Waals surface area contributed by atoms with Crippen molar-refractivity contribution in [2.45, 2.75) is 13.0 Å². The summed E-state index contributed by atoms with van der Waals surface area (Å²) in [6.45, 7) is 1.77. The molecule has 1 aromatic carbocycles. The third-order valence-corrected chi connectivity index (χ3v) is 2.11. The Hall–Kier alpha value is -1.26. The van der Waals surface area contributed by atoms with E-state index in [1.807, 2.05) is 6.92 Å². The second-order valence-electron chi connectivity index (χ2n) is 3.17. The number of rotatable bonds is 4. The number of halogens is 1. The number of nitrogens with two attached hydrogens (primary N) is 1. The maximum Gasteiger partial charge on any atom is 0.324 e. The number of carbonyl (C=O) groups is 1. The van der Waals surface area contributed by atoms with E-state index in [2.05, 4.69) is 0 Å². The van der Waals surface area contributed by atoms with Crippen LogP contribution >= 0.6 is 11.6 Å². The summed E-state index contributed by atoms with van der Waals surface area (Å²) in [5.41, 5.74) is 6.14. The molecule has 1 unspecified atom stereocenters. The zero-order valence-corrected chi connectivity index (χ0v) is 8.99. The largest absolute Gasteiger partial charge is 0.491 e. The van der Waals surface area contributed by atoms with Crippen LogP contribution in [0.25, 0.3) is 0 Å². The van der Waals surface area contributed by atoms with Gasteiger partial charge in [-0.1, -0.05) is 11.6 Å². The van der Waals surface area contributed by atoms with Gasteiger partial charge in [0.2, 0.25) is 0 Å². The monoisotopic (exact) mass is 229 g/mol. The zero-order valence-electron chi connectivity index (χ0n) is 8.24. The topological polar surface area (TPSA) is 72.5 Å². The van der Waals surface area contributed by atoms with Gasteiger partial charge in [0.05, 0.1) is 0 Å². The van der Waals surface area contributed by atoms with Crippen LogP contribution in [-0.2, 0) is 4.79 Å². The fourth-order valence-electron chi connectivity index (χ4n) is 1.03. The van der Waals surface area contributed by atoms with Crippen LogP contribution in [0.3, 0.4) is 0 Å². The predicted octanol–water partition coefficient (Wildman–Crippen LogP) is 1.44. The third kappa shape index (κ3) is 3.42. The molecule has 1 rings (SSSR count). The minimum absolute atomic E-state index is 0.0577. The van der Waals surface area contributed by atoms with E-state index in [1.165, 1.54) is 0 Å². The first-order chi connectivity index (χ1) is 7.00. The highest BCUT2D eigenvalue weighted by Crippen LogP contribution is 2.21. The molecule has 82 valence electrons. The molecule has 0 amide bonds. The van der Waals surface area contributed by atoms with E-state index in [0.29, 0.717) is 10.8 Å². The number of aryl methyl sites for hydroxylation is 1. The molecule has 0 fully saturated rings. The molecule has 0 saturated carbocycles. The van der Waals surface area contributed by atoms with Crippen molar-refractivity contribution in [2.75, 3.05) is 6.61 Å². The van der Waals surface area contributed by atoms with E-state index in [-0.39, 0.29) is 6.61 Å². The van der Waals surface area contributed by atoms with Crippen LogP contribution in [0.1, 0.15) is 5.56 Å². The number of hydrogen-bond donors (Lipinski definition) is 2. The van der Waals surface area contributed by atoms with Crippen LogP contribution in [-0.4, -0.2) is 23.7 Å². The highest BCUT2D eigenvalue weighted by Gasteiger charge is 2.12. The summed E-state index contributed by atoms with van der Waals surface area (Å²) in [4.78, 5) is 10.4. The highest BCUT2D eigenvalue weighted by molar-refractivity contribution is 6.30. The maximum atomic E-state index is 10.4. The van der Waals surface area contributed by atoms with Gasteiger partial charge in [-0.3, -0.25) is 4.79 Å². The van der Waals surface area contributed by atoms with E-state index in [1.54, 1.807) is 18.2 Å². The van der Waals surface area contributed by atoms with Gasteiger partial charge in [-0.2, -0.15) is 0 Å². The van der Waals surface area contributed by atoms with Crippen molar-refractivity contribution in [1.29, 1.82) is 0 Å². The molecule has 5 heteroatoms. The highest BCUT2D eigenvalue weighted by atomic mass is 35.5. The Morgan fingerprint density at radius 1 is 1.67 bits per heavy atom. The van der Waals surface area contributed by atoms with E-state index in [0.717, 1.165) is 5.56 Å². The number of carboxylic acid groups (broad SMARTS) is 1. The van der Waals surface area contributed by atoms with Crippen LogP contribution in [0.2, 0.25) is 5.02 Å². The molecular weight excluding hydrogens is 218 g/mol. The molecule has 0 radical (unpaired) electrons. The molecule has 4 nitrogen and oxygen atoms in total. The van der Waals surface area contributed by atoms with E-state index in [9.17, 15) is 4.79 Å². The Kier molecular flexibility index (Phi) is 3.94. The minimum atomic E-state index is -1.08. The van der Waals surface area contributed by atoms with Crippen LogP contribution in [0, 0.1) is 6.92 Å². The van der Waals surface area contributed by atoms with Gasteiger partial charge in [0.1, 0.15) is 18.4 Å². The molecule has 0 heterocycles. The van der Waals surface area contributed by atoms with Gasteiger partial charge < -0.3 is 15.6 Å². The van der Waals surface area contributed by atoms with Gasteiger partial charge in [0, 0.05) is 5.02 Å². The second-order valence-corrected chi connectivity index (χ2v) is 3.60. The van der Waals surface area contributed by atoms with Crippen molar-refractivity contribution >= 4 is 17.6 Å².